The molecule has 0 unspecified atom stereocenters. The maximum Gasteiger partial charge on any atom is 0.231 e. The molecule has 1 atom stereocenters. The van der Waals surface area contributed by atoms with Crippen LogP contribution in [0.25, 0.3) is 6.08 Å². The van der Waals surface area contributed by atoms with Crippen LogP contribution >= 0.6 is 0 Å². The van der Waals surface area contributed by atoms with Gasteiger partial charge in [-0.2, -0.15) is 5.10 Å². The zero-order chi connectivity index (χ0) is 20.6. The first-order valence-corrected chi connectivity index (χ1v) is 10.2. The number of hydrogen-bond donors (Lipinski definition) is 0. The number of ether oxygens (including phenoxy) is 4. The largest absolute Gasteiger partial charge is 0.454 e. The highest BCUT2D eigenvalue weighted by Crippen LogP contribution is 2.40. The Labute approximate surface area is 179 Å². The molecule has 6 nitrogen and oxygen atoms in total. The first-order valence-electron chi connectivity index (χ1n) is 10.2. The molecule has 3 aliphatic rings. The van der Waals surface area contributed by atoms with Crippen LogP contribution in [0.3, 0.4) is 0 Å². The van der Waals surface area contributed by atoms with Gasteiger partial charge < -0.3 is 18.9 Å². The van der Waals surface area contributed by atoms with Gasteiger partial charge in [0, 0.05) is 6.42 Å². The van der Waals surface area contributed by atoms with Crippen molar-refractivity contribution >= 4 is 17.5 Å². The van der Waals surface area contributed by atoms with Crippen LogP contribution in [0, 0.1) is 0 Å². The fraction of sp³-hybridized carbons (Fsp3) is 0.160. The van der Waals surface area contributed by atoms with Gasteiger partial charge in [0.2, 0.25) is 13.6 Å². The second kappa shape index (κ2) is 7.40. The summed E-state index contributed by atoms with van der Waals surface area (Å²) in [5, 5.41) is 7.01. The molecule has 0 saturated carbocycles. The number of benzene rings is 3. The van der Waals surface area contributed by atoms with Gasteiger partial charge in [-0.25, -0.2) is 0 Å². The lowest BCUT2D eigenvalue weighted by molar-refractivity contribution is 0.173. The Morgan fingerprint density at radius 1 is 0.742 bits per heavy atom. The number of rotatable bonds is 4. The third-order valence-electron chi connectivity index (χ3n) is 5.60. The zero-order valence-electron chi connectivity index (χ0n) is 16.7. The molecule has 0 radical (unpaired) electrons. The SMILES string of the molecule is C(=C\c1ccc2c(c1)OCO2)/C1=NN(c2ccccc2)[C@@H](c2ccc3c(c2)OCO3)C1. The zero-order valence-corrected chi connectivity index (χ0v) is 16.7. The van der Waals surface area contributed by atoms with Gasteiger partial charge in [-0.15, -0.1) is 0 Å². The lowest BCUT2D eigenvalue weighted by Gasteiger charge is -2.24. The molecule has 0 amide bonds. The predicted octanol–water partition coefficient (Wildman–Crippen LogP) is 5.16. The minimum Gasteiger partial charge on any atom is -0.454 e. The predicted molar refractivity (Wildman–Crippen MR) is 118 cm³/mol. The van der Waals surface area contributed by atoms with Crippen molar-refractivity contribution < 1.29 is 18.9 Å². The number of hydrazone groups is 1. The number of nitrogens with zero attached hydrogens (tertiary/aromatic N) is 2. The number of allylic oxidation sites excluding steroid dienone is 1. The van der Waals surface area contributed by atoms with Crippen molar-refractivity contribution in [3.63, 3.8) is 0 Å². The van der Waals surface area contributed by atoms with E-state index in [1.54, 1.807) is 0 Å². The van der Waals surface area contributed by atoms with Crippen LogP contribution in [0.15, 0.2) is 77.9 Å². The third kappa shape index (κ3) is 3.36. The monoisotopic (exact) mass is 412 g/mol. The lowest BCUT2D eigenvalue weighted by atomic mass is 10.00. The average Bonchev–Trinajstić information content (AvgIpc) is 3.56. The Balaban J connectivity index is 1.30. The summed E-state index contributed by atoms with van der Waals surface area (Å²) < 4.78 is 21.9. The fourth-order valence-corrected chi connectivity index (χ4v) is 4.04. The van der Waals surface area contributed by atoms with Crippen molar-refractivity contribution in [2.45, 2.75) is 12.5 Å². The molecular formula is C25H20N2O4. The van der Waals surface area contributed by atoms with E-state index in [4.69, 9.17) is 24.0 Å². The highest BCUT2D eigenvalue weighted by molar-refractivity contribution is 6.01. The standard InChI is InChI=1S/C25H20N2O4/c1-2-4-20(5-3-1)27-21(18-8-11-23-25(13-18)31-16-29-23)14-19(26-27)9-6-17-7-10-22-24(12-17)30-15-28-22/h1-13,21H,14-16H2/b9-6+/t21-/m1/s1. The van der Waals surface area contributed by atoms with Crippen molar-refractivity contribution in [3.8, 4) is 23.0 Å². The molecule has 0 bridgehead atoms. The van der Waals surface area contributed by atoms with Crippen LogP contribution in [0.4, 0.5) is 5.69 Å². The van der Waals surface area contributed by atoms with Gasteiger partial charge >= 0.3 is 0 Å². The summed E-state index contributed by atoms with van der Waals surface area (Å²) in [6.45, 7) is 0.546. The van der Waals surface area contributed by atoms with E-state index < -0.39 is 0 Å². The minimum absolute atomic E-state index is 0.0771. The van der Waals surface area contributed by atoms with Crippen molar-refractivity contribution in [3.05, 3.63) is 83.9 Å². The summed E-state index contributed by atoms with van der Waals surface area (Å²) in [4.78, 5) is 0. The van der Waals surface area contributed by atoms with Gasteiger partial charge in [0.1, 0.15) is 0 Å². The molecule has 3 aromatic rings. The van der Waals surface area contributed by atoms with Crippen molar-refractivity contribution in [1.29, 1.82) is 0 Å². The number of anilines is 1. The molecule has 3 heterocycles. The summed E-state index contributed by atoms with van der Waals surface area (Å²) in [7, 11) is 0. The minimum atomic E-state index is 0.0771. The second-order valence-corrected chi connectivity index (χ2v) is 7.55. The van der Waals surface area contributed by atoms with E-state index in [0.717, 1.165) is 51.9 Å². The van der Waals surface area contributed by atoms with E-state index >= 15 is 0 Å². The van der Waals surface area contributed by atoms with Crippen LogP contribution in [0.1, 0.15) is 23.6 Å². The smallest absolute Gasteiger partial charge is 0.231 e. The molecule has 0 fully saturated rings. The Bertz CT molecular complexity index is 1190. The number of fused-ring (bicyclic) bond motifs is 2. The topological polar surface area (TPSA) is 52.5 Å². The van der Waals surface area contributed by atoms with Crippen LogP contribution < -0.4 is 24.0 Å². The first-order chi connectivity index (χ1) is 15.3. The Morgan fingerprint density at radius 3 is 2.26 bits per heavy atom. The molecule has 3 aliphatic heterocycles. The third-order valence-corrected chi connectivity index (χ3v) is 5.60. The molecule has 31 heavy (non-hydrogen) atoms. The van der Waals surface area contributed by atoms with Crippen LogP contribution in [-0.2, 0) is 0 Å². The van der Waals surface area contributed by atoms with Crippen LogP contribution in [0.5, 0.6) is 23.0 Å². The van der Waals surface area contributed by atoms with E-state index in [1.165, 1.54) is 0 Å². The summed E-state index contributed by atoms with van der Waals surface area (Å²) in [6.07, 6.45) is 4.92. The molecule has 0 N–H and O–H groups in total. The van der Waals surface area contributed by atoms with Crippen LogP contribution in [0.2, 0.25) is 0 Å². The summed E-state index contributed by atoms with van der Waals surface area (Å²) in [6, 6.07) is 22.4. The molecule has 6 heteroatoms. The maximum atomic E-state index is 5.59. The molecule has 0 aromatic heterocycles. The van der Waals surface area contributed by atoms with Crippen LogP contribution in [-0.4, -0.2) is 19.3 Å². The summed E-state index contributed by atoms with van der Waals surface area (Å²) >= 11 is 0. The van der Waals surface area contributed by atoms with Gasteiger partial charge in [0.05, 0.1) is 17.4 Å². The lowest BCUT2D eigenvalue weighted by Crippen LogP contribution is -2.18. The van der Waals surface area contributed by atoms with Gasteiger partial charge in [0.25, 0.3) is 0 Å². The number of para-hydroxylation sites is 1. The molecular weight excluding hydrogens is 392 g/mol. The summed E-state index contributed by atoms with van der Waals surface area (Å²) in [5.41, 5.74) is 4.24. The molecule has 0 spiro atoms. The van der Waals surface area contributed by atoms with E-state index in [2.05, 4.69) is 41.4 Å². The van der Waals surface area contributed by atoms with Gasteiger partial charge in [-0.1, -0.05) is 36.4 Å². The second-order valence-electron chi connectivity index (χ2n) is 7.55. The van der Waals surface area contributed by atoms with E-state index in [-0.39, 0.29) is 19.6 Å². The van der Waals surface area contributed by atoms with Gasteiger partial charge in [-0.05, 0) is 53.6 Å². The Morgan fingerprint density at radius 2 is 1.45 bits per heavy atom. The Kier molecular flexibility index (Phi) is 4.27. The van der Waals surface area contributed by atoms with Crippen molar-refractivity contribution in [2.75, 3.05) is 18.6 Å². The van der Waals surface area contributed by atoms with Gasteiger partial charge in [0.15, 0.2) is 23.0 Å². The fourth-order valence-electron chi connectivity index (χ4n) is 4.04. The van der Waals surface area contributed by atoms with Crippen molar-refractivity contribution in [1.82, 2.24) is 0 Å². The average molecular weight is 412 g/mol. The molecule has 0 saturated heterocycles. The quantitative estimate of drug-likeness (QED) is 0.592. The maximum absolute atomic E-state index is 5.59. The normalized spacial score (nSPS) is 18.6. The highest BCUT2D eigenvalue weighted by atomic mass is 16.7. The first kappa shape index (κ1) is 17.9. The highest BCUT2D eigenvalue weighted by Gasteiger charge is 2.29. The molecule has 6 rings (SSSR count). The van der Waals surface area contributed by atoms with Crippen molar-refractivity contribution in [2.24, 2.45) is 5.10 Å². The Hall–Kier alpha value is -3.93. The van der Waals surface area contributed by atoms with E-state index in [1.807, 2.05) is 42.5 Å². The van der Waals surface area contributed by atoms with E-state index in [0.29, 0.717) is 0 Å². The van der Waals surface area contributed by atoms with Gasteiger partial charge in [-0.3, -0.25) is 5.01 Å². The summed E-state index contributed by atoms with van der Waals surface area (Å²) in [5.74, 6) is 3.14. The number of hydrogen-bond acceptors (Lipinski definition) is 6. The van der Waals surface area contributed by atoms with E-state index in [9.17, 15) is 0 Å². The molecule has 154 valence electrons. The molecule has 0 aliphatic carbocycles. The molecule has 3 aromatic carbocycles.